The number of benzene rings is 3. The van der Waals surface area contributed by atoms with Crippen LogP contribution in [0.15, 0.2) is 78.9 Å². The van der Waals surface area contributed by atoms with Gasteiger partial charge in [-0.2, -0.15) is 0 Å². The Labute approximate surface area is 128 Å². The van der Waals surface area contributed by atoms with Crippen LogP contribution >= 0.6 is 11.6 Å². The minimum absolute atomic E-state index is 0.576. The van der Waals surface area contributed by atoms with E-state index in [1.54, 1.807) is 6.07 Å². The van der Waals surface area contributed by atoms with E-state index < -0.39 is 0 Å². The molecule has 0 aliphatic rings. The number of para-hydroxylation sites is 2. The fourth-order valence-corrected chi connectivity index (χ4v) is 2.05. The van der Waals surface area contributed by atoms with Gasteiger partial charge >= 0.3 is 0 Å². The topological polar surface area (TPSA) is 18.5 Å². The highest BCUT2D eigenvalue weighted by Crippen LogP contribution is 2.31. The zero-order chi connectivity index (χ0) is 14.5. The van der Waals surface area contributed by atoms with E-state index in [4.69, 9.17) is 21.1 Å². The van der Waals surface area contributed by atoms with Crippen LogP contribution in [-0.2, 0) is 0 Å². The van der Waals surface area contributed by atoms with Gasteiger partial charge in [0.2, 0.25) is 0 Å². The minimum atomic E-state index is 0.576. The molecule has 3 rings (SSSR count). The lowest BCUT2D eigenvalue weighted by molar-refractivity contribution is 0.460. The molecule has 0 heterocycles. The average molecular weight is 297 g/mol. The summed E-state index contributed by atoms with van der Waals surface area (Å²) in [5, 5.41) is 0.576. The highest BCUT2D eigenvalue weighted by Gasteiger charge is 2.04. The molecule has 3 heteroatoms. The van der Waals surface area contributed by atoms with Gasteiger partial charge in [-0.25, -0.2) is 0 Å². The molecule has 0 radical (unpaired) electrons. The maximum absolute atomic E-state index is 6.09. The Hall–Kier alpha value is -2.45. The minimum Gasteiger partial charge on any atom is -0.457 e. The lowest BCUT2D eigenvalue weighted by atomic mass is 10.3. The largest absolute Gasteiger partial charge is 0.457 e. The van der Waals surface area contributed by atoms with Crippen molar-refractivity contribution >= 4 is 11.6 Å². The van der Waals surface area contributed by atoms with E-state index in [-0.39, 0.29) is 0 Å². The maximum atomic E-state index is 6.09. The van der Waals surface area contributed by atoms with Crippen LogP contribution in [0.3, 0.4) is 0 Å². The van der Waals surface area contributed by atoms with Crippen molar-refractivity contribution in [2.24, 2.45) is 0 Å². The van der Waals surface area contributed by atoms with Crippen LogP contribution in [0.25, 0.3) is 0 Å². The highest BCUT2D eigenvalue weighted by atomic mass is 35.5. The first-order valence-electron chi connectivity index (χ1n) is 6.56. The number of halogens is 1. The van der Waals surface area contributed by atoms with Crippen LogP contribution in [0, 0.1) is 0 Å². The standard InChI is InChI=1S/C18H13ClO2/c19-17-11-4-5-12-18(17)21-16-10-6-9-15(13-16)20-14-7-2-1-3-8-14/h1-13H. The van der Waals surface area contributed by atoms with Gasteiger partial charge in [0.25, 0.3) is 0 Å². The number of ether oxygens (including phenoxy) is 2. The first-order valence-corrected chi connectivity index (χ1v) is 6.94. The third-order valence-electron chi connectivity index (χ3n) is 2.85. The van der Waals surface area contributed by atoms with Crippen LogP contribution in [-0.4, -0.2) is 0 Å². The van der Waals surface area contributed by atoms with Crippen LogP contribution in [0.2, 0.25) is 5.02 Å². The molecular weight excluding hydrogens is 284 g/mol. The summed E-state index contributed by atoms with van der Waals surface area (Å²) in [5.41, 5.74) is 0. The SMILES string of the molecule is Clc1ccccc1Oc1cccc(Oc2ccccc2)c1. The summed E-state index contributed by atoms with van der Waals surface area (Å²) in [4.78, 5) is 0. The third kappa shape index (κ3) is 3.56. The van der Waals surface area contributed by atoms with Gasteiger partial charge in [0.05, 0.1) is 5.02 Å². The van der Waals surface area contributed by atoms with Gasteiger partial charge in [-0.1, -0.05) is 48.0 Å². The third-order valence-corrected chi connectivity index (χ3v) is 3.16. The summed E-state index contributed by atoms with van der Waals surface area (Å²) in [5.74, 6) is 2.80. The van der Waals surface area contributed by atoms with E-state index in [0.717, 1.165) is 5.75 Å². The van der Waals surface area contributed by atoms with Crippen molar-refractivity contribution in [2.75, 3.05) is 0 Å². The first kappa shape index (κ1) is 13.5. The quantitative estimate of drug-likeness (QED) is 0.594. The Morgan fingerprint density at radius 3 is 1.95 bits per heavy atom. The van der Waals surface area contributed by atoms with Crippen molar-refractivity contribution in [1.29, 1.82) is 0 Å². The molecular formula is C18H13ClO2. The fourth-order valence-electron chi connectivity index (χ4n) is 1.88. The Morgan fingerprint density at radius 2 is 1.19 bits per heavy atom. The van der Waals surface area contributed by atoms with Crippen molar-refractivity contribution in [1.82, 2.24) is 0 Å². The van der Waals surface area contributed by atoms with Gasteiger partial charge in [0.1, 0.15) is 23.0 Å². The van der Waals surface area contributed by atoms with E-state index in [1.807, 2.05) is 72.8 Å². The lowest BCUT2D eigenvalue weighted by Gasteiger charge is -2.10. The molecule has 0 aliphatic carbocycles. The molecule has 0 aliphatic heterocycles. The van der Waals surface area contributed by atoms with Gasteiger partial charge in [0, 0.05) is 6.07 Å². The molecule has 0 saturated heterocycles. The molecule has 0 spiro atoms. The zero-order valence-electron chi connectivity index (χ0n) is 11.2. The van der Waals surface area contributed by atoms with Crippen molar-refractivity contribution in [3.8, 4) is 23.0 Å². The van der Waals surface area contributed by atoms with Crippen molar-refractivity contribution in [3.05, 3.63) is 83.9 Å². The molecule has 0 aromatic heterocycles. The first-order chi connectivity index (χ1) is 10.3. The van der Waals surface area contributed by atoms with Crippen molar-refractivity contribution < 1.29 is 9.47 Å². The van der Waals surface area contributed by atoms with Gasteiger partial charge in [-0.3, -0.25) is 0 Å². The molecule has 104 valence electrons. The molecule has 0 atom stereocenters. The Balaban J connectivity index is 1.79. The Morgan fingerprint density at radius 1 is 0.571 bits per heavy atom. The lowest BCUT2D eigenvalue weighted by Crippen LogP contribution is -1.87. The van der Waals surface area contributed by atoms with E-state index in [9.17, 15) is 0 Å². The number of hydrogen-bond donors (Lipinski definition) is 0. The molecule has 0 amide bonds. The van der Waals surface area contributed by atoms with E-state index >= 15 is 0 Å². The molecule has 2 nitrogen and oxygen atoms in total. The molecule has 3 aromatic carbocycles. The Kier molecular flexibility index (Phi) is 4.08. The molecule has 0 bridgehead atoms. The second-order valence-electron chi connectivity index (χ2n) is 4.42. The van der Waals surface area contributed by atoms with Gasteiger partial charge in [-0.05, 0) is 36.4 Å². The number of rotatable bonds is 4. The second kappa shape index (κ2) is 6.33. The maximum Gasteiger partial charge on any atom is 0.146 e. The zero-order valence-corrected chi connectivity index (χ0v) is 12.0. The van der Waals surface area contributed by atoms with Crippen LogP contribution in [0.5, 0.6) is 23.0 Å². The highest BCUT2D eigenvalue weighted by molar-refractivity contribution is 6.32. The predicted molar refractivity (Wildman–Crippen MR) is 84.5 cm³/mol. The normalized spacial score (nSPS) is 10.1. The summed E-state index contributed by atoms with van der Waals surface area (Å²) >= 11 is 6.09. The van der Waals surface area contributed by atoms with E-state index in [2.05, 4.69) is 0 Å². The monoisotopic (exact) mass is 296 g/mol. The summed E-state index contributed by atoms with van der Waals surface area (Å²) in [6.45, 7) is 0. The van der Waals surface area contributed by atoms with Gasteiger partial charge in [0.15, 0.2) is 0 Å². The molecule has 0 N–H and O–H groups in total. The summed E-state index contributed by atoms with van der Waals surface area (Å²) < 4.78 is 11.5. The van der Waals surface area contributed by atoms with E-state index in [1.165, 1.54) is 0 Å². The van der Waals surface area contributed by atoms with E-state index in [0.29, 0.717) is 22.3 Å². The van der Waals surface area contributed by atoms with Crippen LogP contribution in [0.4, 0.5) is 0 Å². The summed E-state index contributed by atoms with van der Waals surface area (Å²) in [6, 6.07) is 24.4. The van der Waals surface area contributed by atoms with Crippen LogP contribution in [0.1, 0.15) is 0 Å². The van der Waals surface area contributed by atoms with Crippen molar-refractivity contribution in [2.45, 2.75) is 0 Å². The van der Waals surface area contributed by atoms with Gasteiger partial charge < -0.3 is 9.47 Å². The molecule has 21 heavy (non-hydrogen) atoms. The Bertz CT molecular complexity index is 726. The molecule has 0 fully saturated rings. The average Bonchev–Trinajstić information content (AvgIpc) is 2.51. The molecule has 0 unspecified atom stereocenters. The summed E-state index contributed by atoms with van der Waals surface area (Å²) in [7, 11) is 0. The predicted octanol–water partition coefficient (Wildman–Crippen LogP) is 5.92. The fraction of sp³-hybridized carbons (Fsp3) is 0. The second-order valence-corrected chi connectivity index (χ2v) is 4.83. The molecule has 0 saturated carbocycles. The van der Waals surface area contributed by atoms with Crippen LogP contribution < -0.4 is 9.47 Å². The summed E-state index contributed by atoms with van der Waals surface area (Å²) in [6.07, 6.45) is 0. The van der Waals surface area contributed by atoms with Gasteiger partial charge in [-0.15, -0.1) is 0 Å². The number of hydrogen-bond acceptors (Lipinski definition) is 2. The smallest absolute Gasteiger partial charge is 0.146 e. The van der Waals surface area contributed by atoms with Crippen molar-refractivity contribution in [3.63, 3.8) is 0 Å². The molecule has 3 aromatic rings.